The van der Waals surface area contributed by atoms with Crippen molar-refractivity contribution >= 4 is 5.91 Å². The number of likely N-dealkylation sites (tertiary alicyclic amines) is 1. The maximum Gasteiger partial charge on any atom is 0.254 e. The number of nitrogens with zero attached hydrogens (tertiary/aromatic N) is 1. The van der Waals surface area contributed by atoms with Gasteiger partial charge in [0.1, 0.15) is 0 Å². The fourth-order valence-electron chi connectivity index (χ4n) is 3.78. The number of carbonyl (C=O) groups excluding carboxylic acids is 1. The predicted molar refractivity (Wildman–Crippen MR) is 111 cm³/mol. The molecule has 5 heteroatoms. The first-order valence-corrected chi connectivity index (χ1v) is 10.1. The van der Waals surface area contributed by atoms with Gasteiger partial charge in [0.2, 0.25) is 0 Å². The minimum atomic E-state index is 0.0138. The van der Waals surface area contributed by atoms with Crippen molar-refractivity contribution in [1.82, 2.24) is 4.90 Å². The van der Waals surface area contributed by atoms with E-state index in [1.54, 1.807) is 6.07 Å². The summed E-state index contributed by atoms with van der Waals surface area (Å²) in [5.74, 6) is 1.86. The van der Waals surface area contributed by atoms with Crippen molar-refractivity contribution < 1.29 is 14.3 Å². The Morgan fingerprint density at radius 1 is 1.07 bits per heavy atom. The van der Waals surface area contributed by atoms with Crippen LogP contribution in [0.25, 0.3) is 0 Å². The molecular formula is C23H30N2O3. The fourth-order valence-corrected chi connectivity index (χ4v) is 3.78. The summed E-state index contributed by atoms with van der Waals surface area (Å²) < 4.78 is 11.4. The van der Waals surface area contributed by atoms with Crippen LogP contribution in [0.4, 0.5) is 0 Å². The van der Waals surface area contributed by atoms with Crippen LogP contribution in [-0.2, 0) is 0 Å². The summed E-state index contributed by atoms with van der Waals surface area (Å²) in [5.41, 5.74) is 7.88. The van der Waals surface area contributed by atoms with Gasteiger partial charge in [-0.1, -0.05) is 37.3 Å². The Labute approximate surface area is 167 Å². The molecule has 0 saturated carbocycles. The second kappa shape index (κ2) is 9.60. The maximum atomic E-state index is 13.2. The summed E-state index contributed by atoms with van der Waals surface area (Å²) >= 11 is 0. The number of amides is 1. The van der Waals surface area contributed by atoms with Gasteiger partial charge in [-0.15, -0.1) is 0 Å². The Kier molecular flexibility index (Phi) is 6.93. The predicted octanol–water partition coefficient (Wildman–Crippen LogP) is 3.69. The van der Waals surface area contributed by atoms with Crippen LogP contribution in [-0.4, -0.2) is 43.7 Å². The van der Waals surface area contributed by atoms with E-state index in [9.17, 15) is 4.79 Å². The Bertz CT molecular complexity index is 779. The smallest absolute Gasteiger partial charge is 0.254 e. The molecule has 1 amide bonds. The average Bonchev–Trinajstić information content (AvgIpc) is 3.17. The average molecular weight is 383 g/mol. The number of carbonyl (C=O) groups is 1. The van der Waals surface area contributed by atoms with Gasteiger partial charge in [-0.2, -0.15) is 0 Å². The highest BCUT2D eigenvalue weighted by Gasteiger charge is 2.35. The molecular weight excluding hydrogens is 352 g/mol. The molecule has 1 aliphatic rings. The molecule has 2 atom stereocenters. The first-order valence-electron chi connectivity index (χ1n) is 10.1. The standard InChI is InChI=1S/C23H30N2O3/c1-3-12-28-21-11-10-18(13-22(21)27-4-2)23(26)25-15-19(14-24)20(16-25)17-8-6-5-7-9-17/h5-11,13,19-20H,3-4,12,14-16,24H2,1-2H3/t19-,20+/m1/s1. The van der Waals surface area contributed by atoms with Crippen LogP contribution < -0.4 is 15.2 Å². The molecule has 0 unspecified atom stereocenters. The van der Waals surface area contributed by atoms with Crippen molar-refractivity contribution in [2.45, 2.75) is 26.2 Å². The van der Waals surface area contributed by atoms with Gasteiger partial charge in [0.25, 0.3) is 5.91 Å². The quantitative estimate of drug-likeness (QED) is 0.756. The van der Waals surface area contributed by atoms with Crippen molar-refractivity contribution in [3.63, 3.8) is 0 Å². The van der Waals surface area contributed by atoms with Gasteiger partial charge in [0.15, 0.2) is 11.5 Å². The SMILES string of the molecule is CCCOc1ccc(C(=O)N2C[C@@H](CN)[C@H](c3ccccc3)C2)cc1OCC. The van der Waals surface area contributed by atoms with Gasteiger partial charge in [0, 0.05) is 24.6 Å². The minimum absolute atomic E-state index is 0.0138. The highest BCUT2D eigenvalue weighted by molar-refractivity contribution is 5.95. The zero-order valence-electron chi connectivity index (χ0n) is 16.8. The third-order valence-electron chi connectivity index (χ3n) is 5.21. The molecule has 0 bridgehead atoms. The van der Waals surface area contributed by atoms with E-state index in [1.165, 1.54) is 5.56 Å². The van der Waals surface area contributed by atoms with Crippen molar-refractivity contribution in [2.24, 2.45) is 11.7 Å². The lowest BCUT2D eigenvalue weighted by atomic mass is 9.89. The van der Waals surface area contributed by atoms with Crippen molar-refractivity contribution in [3.05, 3.63) is 59.7 Å². The largest absolute Gasteiger partial charge is 0.490 e. The third-order valence-corrected chi connectivity index (χ3v) is 5.21. The van der Waals surface area contributed by atoms with Crippen molar-refractivity contribution in [2.75, 3.05) is 32.8 Å². The monoisotopic (exact) mass is 382 g/mol. The lowest BCUT2D eigenvalue weighted by molar-refractivity contribution is 0.0786. The molecule has 1 saturated heterocycles. The normalized spacial score (nSPS) is 18.9. The lowest BCUT2D eigenvalue weighted by Gasteiger charge is -2.18. The summed E-state index contributed by atoms with van der Waals surface area (Å²) in [4.78, 5) is 15.1. The number of hydrogen-bond donors (Lipinski definition) is 1. The van der Waals surface area contributed by atoms with E-state index in [0.29, 0.717) is 49.9 Å². The van der Waals surface area contributed by atoms with Crippen molar-refractivity contribution in [1.29, 1.82) is 0 Å². The Balaban J connectivity index is 1.78. The van der Waals surface area contributed by atoms with Gasteiger partial charge in [0.05, 0.1) is 13.2 Å². The fraction of sp³-hybridized carbons (Fsp3) is 0.435. The van der Waals surface area contributed by atoms with Gasteiger partial charge >= 0.3 is 0 Å². The van der Waals surface area contributed by atoms with Crippen LogP contribution in [0.15, 0.2) is 48.5 Å². The topological polar surface area (TPSA) is 64.8 Å². The van der Waals surface area contributed by atoms with Crippen LogP contribution in [0.5, 0.6) is 11.5 Å². The van der Waals surface area contributed by atoms with E-state index in [-0.39, 0.29) is 17.7 Å². The van der Waals surface area contributed by atoms with E-state index in [1.807, 2.05) is 42.2 Å². The molecule has 0 aromatic heterocycles. The van der Waals surface area contributed by atoms with Gasteiger partial charge < -0.3 is 20.1 Å². The first kappa shape index (κ1) is 20.2. The molecule has 1 fully saturated rings. The van der Waals surface area contributed by atoms with Crippen LogP contribution in [0.2, 0.25) is 0 Å². The zero-order chi connectivity index (χ0) is 19.9. The zero-order valence-corrected chi connectivity index (χ0v) is 16.8. The number of hydrogen-bond acceptors (Lipinski definition) is 4. The van der Waals surface area contributed by atoms with E-state index < -0.39 is 0 Å². The number of nitrogens with two attached hydrogens (primary N) is 1. The molecule has 1 heterocycles. The molecule has 0 aliphatic carbocycles. The van der Waals surface area contributed by atoms with Crippen LogP contribution in [0, 0.1) is 5.92 Å². The number of benzene rings is 2. The van der Waals surface area contributed by atoms with Gasteiger partial charge in [-0.25, -0.2) is 0 Å². The molecule has 150 valence electrons. The molecule has 0 spiro atoms. The summed E-state index contributed by atoms with van der Waals surface area (Å²) in [7, 11) is 0. The summed E-state index contributed by atoms with van der Waals surface area (Å²) in [6, 6.07) is 15.8. The molecule has 2 aromatic carbocycles. The number of rotatable bonds is 8. The molecule has 0 radical (unpaired) electrons. The van der Waals surface area contributed by atoms with E-state index in [4.69, 9.17) is 15.2 Å². The van der Waals surface area contributed by atoms with Gasteiger partial charge in [-0.3, -0.25) is 4.79 Å². The second-order valence-electron chi connectivity index (χ2n) is 7.17. The molecule has 2 aromatic rings. The first-order chi connectivity index (χ1) is 13.7. The highest BCUT2D eigenvalue weighted by Crippen LogP contribution is 2.34. The maximum absolute atomic E-state index is 13.2. The second-order valence-corrected chi connectivity index (χ2v) is 7.17. The summed E-state index contributed by atoms with van der Waals surface area (Å²) in [5, 5.41) is 0. The van der Waals surface area contributed by atoms with E-state index in [2.05, 4.69) is 19.1 Å². The molecule has 5 nitrogen and oxygen atoms in total. The highest BCUT2D eigenvalue weighted by atomic mass is 16.5. The summed E-state index contributed by atoms with van der Waals surface area (Å²) in [6.07, 6.45) is 0.918. The summed E-state index contributed by atoms with van der Waals surface area (Å²) in [6.45, 7) is 7.05. The van der Waals surface area contributed by atoms with Crippen LogP contribution in [0.3, 0.4) is 0 Å². The lowest BCUT2D eigenvalue weighted by Crippen LogP contribution is -2.29. The van der Waals surface area contributed by atoms with Crippen LogP contribution in [0.1, 0.15) is 42.1 Å². The van der Waals surface area contributed by atoms with Crippen molar-refractivity contribution in [3.8, 4) is 11.5 Å². The van der Waals surface area contributed by atoms with E-state index in [0.717, 1.165) is 6.42 Å². The Morgan fingerprint density at radius 3 is 2.54 bits per heavy atom. The van der Waals surface area contributed by atoms with Gasteiger partial charge in [-0.05, 0) is 49.6 Å². The Hall–Kier alpha value is -2.53. The van der Waals surface area contributed by atoms with E-state index >= 15 is 0 Å². The molecule has 3 rings (SSSR count). The molecule has 2 N–H and O–H groups in total. The van der Waals surface area contributed by atoms with Crippen LogP contribution >= 0.6 is 0 Å². The number of ether oxygens (including phenoxy) is 2. The Morgan fingerprint density at radius 2 is 1.86 bits per heavy atom. The molecule has 28 heavy (non-hydrogen) atoms. The molecule has 1 aliphatic heterocycles. The third kappa shape index (κ3) is 4.47. The minimum Gasteiger partial charge on any atom is -0.490 e.